The Hall–Kier alpha value is -2.13. The Labute approximate surface area is 160 Å². The molecule has 138 valence electrons. The number of ketones is 1. The maximum Gasteiger partial charge on any atom is 0.314 e. The Kier molecular flexibility index (Phi) is 6.60. The molecule has 0 saturated heterocycles. The summed E-state index contributed by atoms with van der Waals surface area (Å²) in [4.78, 5) is 25.1. The van der Waals surface area contributed by atoms with Crippen LogP contribution in [-0.4, -0.2) is 18.4 Å². The van der Waals surface area contributed by atoms with Gasteiger partial charge in [0, 0.05) is 10.6 Å². The van der Waals surface area contributed by atoms with Gasteiger partial charge in [-0.2, -0.15) is 0 Å². The summed E-state index contributed by atoms with van der Waals surface area (Å²) in [7, 11) is 0. The molecular formula is C22H25ClO3. The van der Waals surface area contributed by atoms with E-state index in [4.69, 9.17) is 16.3 Å². The van der Waals surface area contributed by atoms with Gasteiger partial charge in [0.1, 0.15) is 0 Å². The fraction of sp³-hybridized carbons (Fsp3) is 0.364. The van der Waals surface area contributed by atoms with Gasteiger partial charge in [0.2, 0.25) is 5.78 Å². The van der Waals surface area contributed by atoms with Crippen LogP contribution in [0.2, 0.25) is 5.02 Å². The molecule has 0 N–H and O–H groups in total. The summed E-state index contributed by atoms with van der Waals surface area (Å²) < 4.78 is 5.37. The lowest BCUT2D eigenvalue weighted by molar-refractivity contribution is -0.145. The van der Waals surface area contributed by atoms with E-state index in [1.807, 2.05) is 58.9 Å². The summed E-state index contributed by atoms with van der Waals surface area (Å²) in [5.74, 6) is -0.960. The van der Waals surface area contributed by atoms with Crippen LogP contribution < -0.4 is 0 Å². The summed E-state index contributed by atoms with van der Waals surface area (Å²) >= 11 is 5.92. The second kappa shape index (κ2) is 8.50. The first kappa shape index (κ1) is 20.2. The number of carbonyl (C=O) groups is 2. The second-order valence-corrected chi connectivity index (χ2v) is 7.49. The topological polar surface area (TPSA) is 43.4 Å². The van der Waals surface area contributed by atoms with Crippen molar-refractivity contribution in [1.29, 1.82) is 0 Å². The van der Waals surface area contributed by atoms with Crippen molar-refractivity contribution in [2.75, 3.05) is 6.61 Å². The van der Waals surface area contributed by atoms with Crippen molar-refractivity contribution >= 4 is 23.4 Å². The van der Waals surface area contributed by atoms with Crippen molar-refractivity contribution in [2.45, 2.75) is 40.5 Å². The quantitative estimate of drug-likeness (QED) is 0.501. The Balaban J connectivity index is 2.11. The zero-order chi connectivity index (χ0) is 19.4. The molecule has 2 aromatic rings. The fourth-order valence-corrected chi connectivity index (χ4v) is 3.15. The van der Waals surface area contributed by atoms with E-state index >= 15 is 0 Å². The van der Waals surface area contributed by atoms with Crippen molar-refractivity contribution in [1.82, 2.24) is 0 Å². The maximum absolute atomic E-state index is 12.6. The average molecular weight is 373 g/mol. The Bertz CT molecular complexity index is 807. The zero-order valence-electron chi connectivity index (χ0n) is 15.9. The molecule has 0 bridgehead atoms. The predicted molar refractivity (Wildman–Crippen MR) is 105 cm³/mol. The van der Waals surface area contributed by atoms with Crippen molar-refractivity contribution in [3.63, 3.8) is 0 Å². The largest absolute Gasteiger partial charge is 0.457 e. The van der Waals surface area contributed by atoms with Crippen molar-refractivity contribution in [2.24, 2.45) is 5.92 Å². The van der Waals surface area contributed by atoms with Crippen molar-refractivity contribution in [3.05, 3.63) is 69.2 Å². The molecule has 3 nitrogen and oxygen atoms in total. The number of hydrogen-bond acceptors (Lipinski definition) is 3. The van der Waals surface area contributed by atoms with E-state index in [0.29, 0.717) is 10.6 Å². The average Bonchev–Trinajstić information content (AvgIpc) is 2.57. The molecule has 2 rings (SSSR count). The molecule has 0 unspecified atom stereocenters. The van der Waals surface area contributed by atoms with Gasteiger partial charge in [0.15, 0.2) is 6.61 Å². The molecule has 4 heteroatoms. The molecule has 26 heavy (non-hydrogen) atoms. The van der Waals surface area contributed by atoms with Crippen LogP contribution in [0, 0.1) is 26.7 Å². The van der Waals surface area contributed by atoms with Gasteiger partial charge in [-0.1, -0.05) is 43.6 Å². The molecule has 0 radical (unpaired) electrons. The minimum atomic E-state index is -0.430. The maximum atomic E-state index is 12.6. The van der Waals surface area contributed by atoms with Crippen LogP contribution in [0.4, 0.5) is 0 Å². The first-order valence-electron chi connectivity index (χ1n) is 8.74. The van der Waals surface area contributed by atoms with Crippen LogP contribution in [0.1, 0.15) is 52.4 Å². The van der Waals surface area contributed by atoms with Crippen LogP contribution in [0.5, 0.6) is 0 Å². The molecule has 2 aromatic carbocycles. The number of carbonyl (C=O) groups excluding carboxylic acids is 2. The highest BCUT2D eigenvalue weighted by Gasteiger charge is 2.26. The SMILES string of the molecule is Cc1cc(C)c(C(=O)COC(=O)[C@@H](c2ccc(Cl)cc2)C(C)C)cc1C. The number of esters is 1. The predicted octanol–water partition coefficient (Wildman–Crippen LogP) is 5.43. The lowest BCUT2D eigenvalue weighted by atomic mass is 9.88. The Morgan fingerprint density at radius 3 is 2.12 bits per heavy atom. The molecule has 0 spiro atoms. The van der Waals surface area contributed by atoms with Gasteiger partial charge in [-0.05, 0) is 67.1 Å². The number of ether oxygens (including phenoxy) is 1. The normalized spacial score (nSPS) is 12.1. The van der Waals surface area contributed by atoms with Crippen LogP contribution >= 0.6 is 11.6 Å². The zero-order valence-corrected chi connectivity index (χ0v) is 16.7. The molecule has 0 aliphatic heterocycles. The van der Waals surface area contributed by atoms with Gasteiger partial charge in [-0.25, -0.2) is 0 Å². The van der Waals surface area contributed by atoms with Crippen molar-refractivity contribution in [3.8, 4) is 0 Å². The minimum absolute atomic E-state index is 0.0436. The first-order valence-corrected chi connectivity index (χ1v) is 9.11. The van der Waals surface area contributed by atoms with Gasteiger partial charge in [-0.15, -0.1) is 0 Å². The fourth-order valence-electron chi connectivity index (χ4n) is 3.03. The summed E-state index contributed by atoms with van der Waals surface area (Å²) in [5, 5.41) is 0.616. The highest BCUT2D eigenvalue weighted by molar-refractivity contribution is 6.30. The minimum Gasteiger partial charge on any atom is -0.457 e. The third kappa shape index (κ3) is 4.73. The highest BCUT2D eigenvalue weighted by atomic mass is 35.5. The first-order chi connectivity index (χ1) is 12.2. The summed E-state index contributed by atoms with van der Waals surface area (Å²) in [5.41, 5.74) is 4.52. The number of rotatable bonds is 6. The van der Waals surface area contributed by atoms with Gasteiger partial charge in [-0.3, -0.25) is 9.59 Å². The molecule has 0 aromatic heterocycles. The summed E-state index contributed by atoms with van der Waals surface area (Å²) in [6.07, 6.45) is 0. The number of aryl methyl sites for hydroxylation is 3. The van der Waals surface area contributed by atoms with Gasteiger partial charge in [0.05, 0.1) is 5.92 Å². The molecule has 0 aliphatic carbocycles. The van der Waals surface area contributed by atoms with E-state index in [1.165, 1.54) is 0 Å². The standard InChI is InChI=1S/C22H25ClO3/c1-13(2)21(17-6-8-18(23)9-7-17)22(25)26-12-20(24)19-11-15(4)14(3)10-16(19)5/h6-11,13,21H,12H2,1-5H3/t21-/m1/s1. The molecule has 0 saturated carbocycles. The number of halogens is 1. The van der Waals surface area contributed by atoms with E-state index in [-0.39, 0.29) is 18.3 Å². The lowest BCUT2D eigenvalue weighted by Crippen LogP contribution is -2.24. The molecule has 0 fully saturated rings. The molecule has 0 heterocycles. The van der Waals surface area contributed by atoms with Gasteiger partial charge < -0.3 is 4.74 Å². The summed E-state index contributed by atoms with van der Waals surface area (Å²) in [6, 6.07) is 11.0. The molecule has 0 amide bonds. The molecular weight excluding hydrogens is 348 g/mol. The van der Waals surface area contributed by atoms with E-state index in [2.05, 4.69) is 0 Å². The second-order valence-electron chi connectivity index (χ2n) is 7.06. The number of benzene rings is 2. The van der Waals surface area contributed by atoms with E-state index < -0.39 is 11.9 Å². The number of hydrogen-bond donors (Lipinski definition) is 0. The van der Waals surface area contributed by atoms with Gasteiger partial charge >= 0.3 is 5.97 Å². The van der Waals surface area contributed by atoms with E-state index in [9.17, 15) is 9.59 Å². The Morgan fingerprint density at radius 1 is 0.962 bits per heavy atom. The van der Waals surface area contributed by atoms with E-state index in [1.54, 1.807) is 12.1 Å². The third-order valence-electron chi connectivity index (χ3n) is 4.64. The van der Waals surface area contributed by atoms with Crippen LogP contribution in [-0.2, 0) is 9.53 Å². The molecule has 0 aliphatic rings. The summed E-state index contributed by atoms with van der Waals surface area (Å²) in [6.45, 7) is 9.53. The Morgan fingerprint density at radius 2 is 1.54 bits per heavy atom. The van der Waals surface area contributed by atoms with Crippen LogP contribution in [0.3, 0.4) is 0 Å². The van der Waals surface area contributed by atoms with Gasteiger partial charge in [0.25, 0.3) is 0 Å². The highest BCUT2D eigenvalue weighted by Crippen LogP contribution is 2.27. The van der Waals surface area contributed by atoms with E-state index in [0.717, 1.165) is 22.3 Å². The van der Waals surface area contributed by atoms with Crippen molar-refractivity contribution < 1.29 is 14.3 Å². The van der Waals surface area contributed by atoms with Crippen LogP contribution in [0.15, 0.2) is 36.4 Å². The van der Waals surface area contributed by atoms with Crippen LogP contribution in [0.25, 0.3) is 0 Å². The molecule has 1 atom stereocenters. The monoisotopic (exact) mass is 372 g/mol. The third-order valence-corrected chi connectivity index (χ3v) is 4.89. The number of Topliss-reactive ketones (excluding diaryl/α,β-unsaturated/α-hetero) is 1. The lowest BCUT2D eigenvalue weighted by Gasteiger charge is -2.20. The smallest absolute Gasteiger partial charge is 0.314 e.